The first kappa shape index (κ1) is 16.6. The third-order valence-electron chi connectivity index (χ3n) is 4.74. The minimum Gasteiger partial charge on any atom is -0.497 e. The number of methoxy groups -OCH3 is 1. The van der Waals surface area contributed by atoms with E-state index in [-0.39, 0.29) is 11.9 Å². The number of hydrogen-bond acceptors (Lipinski definition) is 5. The van der Waals surface area contributed by atoms with Crippen molar-refractivity contribution < 1.29 is 14.1 Å². The predicted octanol–water partition coefficient (Wildman–Crippen LogP) is 3.65. The largest absolute Gasteiger partial charge is 0.497 e. The number of carbonyl (C=O) groups is 1. The van der Waals surface area contributed by atoms with Crippen LogP contribution in [0, 0.1) is 13.8 Å². The molecule has 3 aromatic rings. The zero-order valence-electron chi connectivity index (χ0n) is 15.2. The average molecular weight is 351 g/mol. The lowest BCUT2D eigenvalue weighted by Crippen LogP contribution is -2.32. The number of hydrogen-bond donors (Lipinski definition) is 0. The third-order valence-corrected chi connectivity index (χ3v) is 4.74. The highest BCUT2D eigenvalue weighted by atomic mass is 16.5. The smallest absolute Gasteiger partial charge is 0.258 e. The van der Waals surface area contributed by atoms with Gasteiger partial charge in [0.1, 0.15) is 5.75 Å². The molecule has 1 saturated carbocycles. The fraction of sp³-hybridized carbons (Fsp3) is 0.350. The van der Waals surface area contributed by atoms with Crippen LogP contribution in [0.15, 0.2) is 34.9 Å². The van der Waals surface area contributed by atoms with E-state index in [4.69, 9.17) is 9.26 Å². The molecule has 1 fully saturated rings. The highest BCUT2D eigenvalue weighted by molar-refractivity contribution is 6.06. The molecule has 1 aromatic carbocycles. The molecule has 4 rings (SSSR count). The quantitative estimate of drug-likeness (QED) is 0.702. The van der Waals surface area contributed by atoms with Gasteiger partial charge in [-0.2, -0.15) is 0 Å². The number of aryl methyl sites for hydroxylation is 2. The Morgan fingerprint density at radius 2 is 2.00 bits per heavy atom. The third kappa shape index (κ3) is 3.03. The standard InChI is InChI=1S/C20H21N3O3/c1-12-10-17(18-13(2)22-26-19(18)21-12)20(24)23(15-6-7-15)11-14-4-8-16(25-3)9-5-14/h4-5,8-10,15H,6-7,11H2,1-3H3. The van der Waals surface area contributed by atoms with Crippen LogP contribution >= 0.6 is 0 Å². The minimum atomic E-state index is 0.00474. The lowest BCUT2D eigenvalue weighted by Gasteiger charge is -2.23. The van der Waals surface area contributed by atoms with E-state index in [0.29, 0.717) is 28.9 Å². The molecule has 134 valence electrons. The summed E-state index contributed by atoms with van der Waals surface area (Å²) < 4.78 is 10.5. The Kier molecular flexibility index (Phi) is 4.11. The first-order valence-electron chi connectivity index (χ1n) is 8.74. The van der Waals surface area contributed by atoms with Crippen molar-refractivity contribution in [3.05, 3.63) is 52.8 Å². The van der Waals surface area contributed by atoms with Crippen LogP contribution in [0.4, 0.5) is 0 Å². The molecule has 6 nitrogen and oxygen atoms in total. The number of fused-ring (bicyclic) bond motifs is 1. The fourth-order valence-electron chi connectivity index (χ4n) is 3.22. The number of amides is 1. The van der Waals surface area contributed by atoms with E-state index in [9.17, 15) is 4.79 Å². The number of pyridine rings is 1. The second-order valence-corrected chi connectivity index (χ2v) is 6.77. The van der Waals surface area contributed by atoms with Gasteiger partial charge in [-0.1, -0.05) is 17.3 Å². The van der Waals surface area contributed by atoms with Crippen molar-refractivity contribution in [3.63, 3.8) is 0 Å². The Morgan fingerprint density at radius 1 is 1.27 bits per heavy atom. The Labute approximate surface area is 151 Å². The van der Waals surface area contributed by atoms with Crippen LogP contribution in [-0.2, 0) is 6.54 Å². The lowest BCUT2D eigenvalue weighted by atomic mass is 10.1. The van der Waals surface area contributed by atoms with Gasteiger partial charge in [0.2, 0.25) is 0 Å². The van der Waals surface area contributed by atoms with Crippen molar-refractivity contribution in [2.45, 2.75) is 39.3 Å². The summed E-state index contributed by atoms with van der Waals surface area (Å²) in [6.07, 6.45) is 2.08. The van der Waals surface area contributed by atoms with Gasteiger partial charge < -0.3 is 14.2 Å². The van der Waals surface area contributed by atoms with E-state index in [1.807, 2.05) is 49.1 Å². The molecule has 0 unspecified atom stereocenters. The van der Waals surface area contributed by atoms with Gasteiger partial charge in [-0.3, -0.25) is 4.79 Å². The van der Waals surface area contributed by atoms with Crippen LogP contribution in [0.5, 0.6) is 5.75 Å². The Balaban J connectivity index is 1.69. The van der Waals surface area contributed by atoms with Crippen molar-refractivity contribution in [2.24, 2.45) is 0 Å². The zero-order valence-corrected chi connectivity index (χ0v) is 15.2. The number of benzene rings is 1. The zero-order chi connectivity index (χ0) is 18.3. The van der Waals surface area contributed by atoms with Gasteiger partial charge in [-0.05, 0) is 50.5 Å². The van der Waals surface area contributed by atoms with E-state index in [0.717, 1.165) is 29.8 Å². The van der Waals surface area contributed by atoms with Gasteiger partial charge in [-0.15, -0.1) is 0 Å². The van der Waals surface area contributed by atoms with Crippen LogP contribution in [0.3, 0.4) is 0 Å². The highest BCUT2D eigenvalue weighted by Crippen LogP contribution is 2.32. The van der Waals surface area contributed by atoms with E-state index < -0.39 is 0 Å². The fourth-order valence-corrected chi connectivity index (χ4v) is 3.22. The van der Waals surface area contributed by atoms with Gasteiger partial charge in [0.15, 0.2) is 0 Å². The van der Waals surface area contributed by atoms with E-state index in [2.05, 4.69) is 10.1 Å². The summed E-state index contributed by atoms with van der Waals surface area (Å²) in [6, 6.07) is 9.96. The van der Waals surface area contributed by atoms with Crippen molar-refractivity contribution in [3.8, 4) is 5.75 Å². The van der Waals surface area contributed by atoms with Crippen LogP contribution in [0.1, 0.15) is 40.2 Å². The summed E-state index contributed by atoms with van der Waals surface area (Å²) in [7, 11) is 1.65. The van der Waals surface area contributed by atoms with Crippen molar-refractivity contribution in [2.75, 3.05) is 7.11 Å². The molecule has 2 heterocycles. The molecule has 1 aliphatic rings. The summed E-state index contributed by atoms with van der Waals surface area (Å²) in [4.78, 5) is 19.7. The maximum atomic E-state index is 13.4. The summed E-state index contributed by atoms with van der Waals surface area (Å²) in [5.41, 5.74) is 3.56. The molecule has 0 atom stereocenters. The molecule has 0 N–H and O–H groups in total. The van der Waals surface area contributed by atoms with Gasteiger partial charge in [0.05, 0.1) is 23.8 Å². The Morgan fingerprint density at radius 3 is 2.65 bits per heavy atom. The predicted molar refractivity (Wildman–Crippen MR) is 97.2 cm³/mol. The highest BCUT2D eigenvalue weighted by Gasteiger charge is 2.34. The van der Waals surface area contributed by atoms with Crippen molar-refractivity contribution >= 4 is 17.0 Å². The van der Waals surface area contributed by atoms with Crippen molar-refractivity contribution in [1.29, 1.82) is 0 Å². The summed E-state index contributed by atoms with van der Waals surface area (Å²) in [6.45, 7) is 4.27. The SMILES string of the molecule is COc1ccc(CN(C(=O)c2cc(C)nc3onc(C)c23)C2CC2)cc1. The van der Waals surface area contributed by atoms with Crippen molar-refractivity contribution in [1.82, 2.24) is 15.0 Å². The van der Waals surface area contributed by atoms with E-state index >= 15 is 0 Å². The molecule has 0 radical (unpaired) electrons. The summed E-state index contributed by atoms with van der Waals surface area (Å²) >= 11 is 0. The maximum absolute atomic E-state index is 13.4. The molecule has 0 aliphatic heterocycles. The van der Waals surface area contributed by atoms with Crippen LogP contribution in [-0.4, -0.2) is 34.1 Å². The number of nitrogens with zero attached hydrogens (tertiary/aromatic N) is 3. The molecule has 0 spiro atoms. The monoisotopic (exact) mass is 351 g/mol. The van der Waals surface area contributed by atoms with Gasteiger partial charge in [-0.25, -0.2) is 4.98 Å². The second-order valence-electron chi connectivity index (χ2n) is 6.77. The average Bonchev–Trinajstić information content (AvgIpc) is 3.42. The summed E-state index contributed by atoms with van der Waals surface area (Å²) in [5.74, 6) is 0.815. The molecular weight excluding hydrogens is 330 g/mol. The molecule has 1 amide bonds. The van der Waals surface area contributed by atoms with Crippen LogP contribution < -0.4 is 4.74 Å². The lowest BCUT2D eigenvalue weighted by molar-refractivity contribution is 0.0731. The minimum absolute atomic E-state index is 0.00474. The maximum Gasteiger partial charge on any atom is 0.258 e. The Bertz CT molecular complexity index is 958. The second kappa shape index (κ2) is 6.44. The molecule has 1 aliphatic carbocycles. The van der Waals surface area contributed by atoms with Crippen LogP contribution in [0.25, 0.3) is 11.1 Å². The first-order chi connectivity index (χ1) is 12.6. The van der Waals surface area contributed by atoms with E-state index in [1.54, 1.807) is 7.11 Å². The van der Waals surface area contributed by atoms with Gasteiger partial charge in [0.25, 0.3) is 11.6 Å². The topological polar surface area (TPSA) is 68.5 Å². The number of rotatable bonds is 5. The molecule has 6 heteroatoms. The molecule has 2 aromatic heterocycles. The normalized spacial score (nSPS) is 13.8. The van der Waals surface area contributed by atoms with Gasteiger partial charge in [0, 0.05) is 18.3 Å². The molecule has 26 heavy (non-hydrogen) atoms. The van der Waals surface area contributed by atoms with Crippen LogP contribution in [0.2, 0.25) is 0 Å². The Hall–Kier alpha value is -2.89. The molecular formula is C20H21N3O3. The number of carbonyl (C=O) groups excluding carboxylic acids is 1. The number of ether oxygens (including phenoxy) is 1. The van der Waals surface area contributed by atoms with Gasteiger partial charge >= 0.3 is 0 Å². The van der Waals surface area contributed by atoms with E-state index in [1.165, 1.54) is 0 Å². The molecule has 0 saturated heterocycles. The molecule has 0 bridgehead atoms. The summed E-state index contributed by atoms with van der Waals surface area (Å²) in [5, 5.41) is 4.69. The first-order valence-corrected chi connectivity index (χ1v) is 8.74. The number of aromatic nitrogens is 2.